The Kier molecular flexibility index (Phi) is 42.1. The molecule has 0 radical (unpaired) electrons. The molecule has 1 saturated heterocycles. The lowest BCUT2D eigenvalue weighted by Gasteiger charge is -2.30. The van der Waals surface area contributed by atoms with Crippen LogP contribution in [0.5, 0.6) is 0 Å². The van der Waals surface area contributed by atoms with Crippen LogP contribution in [0.25, 0.3) is 21.8 Å². The van der Waals surface area contributed by atoms with Crippen molar-refractivity contribution in [1.29, 1.82) is 0 Å². The number of cyclic esters (lactones) is 1. The van der Waals surface area contributed by atoms with Crippen molar-refractivity contribution in [3.05, 3.63) is 102 Å². The Balaban J connectivity index is 1.44. The number of nitrogens with two attached hydrogens (primary N) is 2. The molecule has 1 aliphatic heterocycles. The first-order chi connectivity index (χ1) is 62.6. The molecule has 47 heteroatoms. The number of ketones is 1. The highest BCUT2D eigenvalue weighted by molar-refractivity contribution is 6.05. The lowest BCUT2D eigenvalue weighted by atomic mass is 9.96. The van der Waals surface area contributed by atoms with E-state index >= 15 is 9.59 Å². The number of fused-ring (bicyclic) bond motifs is 2. The molecule has 1 fully saturated rings. The number of Topliss-reactive ketones (excluding diaryl/α,β-unsaturated/α-hetero) is 1. The Morgan fingerprint density at radius 1 is 0.492 bits per heavy atom. The van der Waals surface area contributed by atoms with Gasteiger partial charge in [-0.1, -0.05) is 101 Å². The predicted molar refractivity (Wildman–Crippen MR) is 464 cm³/mol. The second-order valence-corrected chi connectivity index (χ2v) is 31.6. The van der Waals surface area contributed by atoms with Gasteiger partial charge >= 0.3 is 29.8 Å². The molecule has 16 amide bonds. The van der Waals surface area contributed by atoms with E-state index in [4.69, 9.17) is 16.2 Å². The highest BCUT2D eigenvalue weighted by Crippen LogP contribution is 2.23. The molecule has 5 aromatic rings. The standard InChI is InChI=1S/C85H113N19O28/c1-6-7-8-9-10-11-12-27-65(109)96-56(31-47-38-90-53-25-18-15-21-49(47)53)79(125)99-57(33-64(87)108)80(126)101-60(36-71(118)119)81(127)104-73-44(4)132-85(131)61(32-63(107)50-22-13-16-23-51(50)86)102-84(130)72(42(2)29-68(112)113)103-82(128)62(41-105)97-67(111)39-91-76(122)58(34-69(114)115)98-74(120)43(3)93-78(124)59(35-70(116)117)100-77(123)54(95-66(110)40-92-83(73)129)26-19-28-88-75(121)55(94-45(5)106)30-46-37-89-52-24-17-14-20-48(46)52/h13-18,20-25,37-38,42-44,54-62,72-73,89-90,105H,6-12,19,26-36,39-41,86H2,1-5H3,(H2,87,108)(H,88,121)(H,91,122)(H,92,129)(H,93,124)(H,94,106)(H,95,110)(H,96,109)(H,97,111)(H,98,120)(H,99,125)(H,100,123)(H,101,126)(H,102,130)(H,103,128)(H,104,127)(H,112,113)(H,114,115)(H,116,117)(H,118,119)/t42-,43-,44?,54+,55+,56+,57+,58+,59?,60+,61+,62-,72?,73?/m1/s1. The first kappa shape index (κ1) is 106. The van der Waals surface area contributed by atoms with E-state index in [-0.39, 0.29) is 43.5 Å². The molecule has 6 rings (SSSR count). The van der Waals surface area contributed by atoms with Crippen molar-refractivity contribution >= 4 is 158 Å². The van der Waals surface area contributed by atoms with Crippen molar-refractivity contribution in [1.82, 2.24) is 89.7 Å². The quantitative estimate of drug-likeness (QED) is 0.00765. The van der Waals surface area contributed by atoms with E-state index in [1.807, 2.05) is 16.0 Å². The monoisotopic (exact) mass is 1850 g/mol. The van der Waals surface area contributed by atoms with Gasteiger partial charge in [0.25, 0.3) is 0 Å². The third-order valence-electron chi connectivity index (χ3n) is 20.9. The third-order valence-corrected chi connectivity index (χ3v) is 20.9. The van der Waals surface area contributed by atoms with Crippen LogP contribution >= 0.6 is 0 Å². The number of carboxylic acids is 4. The molecule has 2 aromatic heterocycles. The van der Waals surface area contributed by atoms with Crippen LogP contribution < -0.4 is 91.2 Å². The number of nitrogens with one attached hydrogen (secondary N) is 17. The van der Waals surface area contributed by atoms with Crippen molar-refractivity contribution in [2.45, 2.75) is 229 Å². The maximum Gasteiger partial charge on any atom is 0.329 e. The summed E-state index contributed by atoms with van der Waals surface area (Å²) < 4.78 is 5.74. The van der Waals surface area contributed by atoms with Crippen molar-refractivity contribution in [3.8, 4) is 0 Å². The van der Waals surface area contributed by atoms with E-state index in [0.717, 1.165) is 59.8 Å². The van der Waals surface area contributed by atoms with Crippen molar-refractivity contribution < 1.29 is 136 Å². The number of benzene rings is 3. The third kappa shape index (κ3) is 34.6. The molecule has 0 spiro atoms. The number of H-pyrrole nitrogens is 2. The summed E-state index contributed by atoms with van der Waals surface area (Å²) in [6.07, 6.45) is -1.68. The highest BCUT2D eigenvalue weighted by atomic mass is 16.5. The summed E-state index contributed by atoms with van der Waals surface area (Å²) in [5.41, 5.74) is 13.7. The van der Waals surface area contributed by atoms with E-state index in [0.29, 0.717) is 45.8 Å². The number of hydrogen-bond acceptors (Lipinski definition) is 25. The number of hydrogen-bond donors (Lipinski definition) is 24. The van der Waals surface area contributed by atoms with Crippen LogP contribution in [0.1, 0.15) is 159 Å². The summed E-state index contributed by atoms with van der Waals surface area (Å²) in [7, 11) is 0. The van der Waals surface area contributed by atoms with Crippen LogP contribution in [0, 0.1) is 5.92 Å². The van der Waals surface area contributed by atoms with Gasteiger partial charge in [-0.15, -0.1) is 0 Å². The Morgan fingerprint density at radius 2 is 0.992 bits per heavy atom. The van der Waals surface area contributed by atoms with Crippen LogP contribution in [0.15, 0.2) is 85.2 Å². The van der Waals surface area contributed by atoms with Crippen LogP contribution in [0.2, 0.25) is 0 Å². The molecular formula is C85H113N19O28. The average molecular weight is 1850 g/mol. The SMILES string of the molecule is CCCCCCCCCC(=O)N[C@@H](Cc1c[nH]c2ccccc12)C(=O)N[C@@H](CC(N)=O)C(=O)N[C@@H](CC(=O)O)C(=O)NC1C(=O)NCC(=O)N[C@@H](CCCNC(=O)[C@H](Cc2c[nH]c3ccccc23)NC(C)=O)C(=O)NC(CC(=O)O)C(=O)N[C@H](C)C(=O)N[C@@H](CC(=O)O)C(=O)NCC(=O)N[C@H](CO)C(=O)NC([C@H](C)CC(=O)O)C(=O)N[C@@H](CC(=O)c2ccccc2N)C(=O)OC1C. The van der Waals surface area contributed by atoms with Gasteiger partial charge in [0.15, 0.2) is 5.78 Å². The Bertz CT molecular complexity index is 5050. The predicted octanol–water partition coefficient (Wildman–Crippen LogP) is -4.24. The van der Waals surface area contributed by atoms with E-state index < -0.39 is 279 Å². The van der Waals surface area contributed by atoms with Gasteiger partial charge < -0.3 is 131 Å². The summed E-state index contributed by atoms with van der Waals surface area (Å²) in [6, 6.07) is -5.57. The van der Waals surface area contributed by atoms with Gasteiger partial charge in [0.2, 0.25) is 94.5 Å². The molecule has 1 aliphatic rings. The molecule has 47 nitrogen and oxygen atoms in total. The van der Waals surface area contributed by atoms with Crippen molar-refractivity contribution in [3.63, 3.8) is 0 Å². The summed E-state index contributed by atoms with van der Waals surface area (Å²) >= 11 is 0. The van der Waals surface area contributed by atoms with Crippen LogP contribution in [-0.4, -0.2) is 270 Å². The molecule has 0 aliphatic carbocycles. The molecule has 26 N–H and O–H groups in total. The molecule has 14 atom stereocenters. The summed E-state index contributed by atoms with van der Waals surface area (Å²) in [6.45, 7) is 1.85. The maximum atomic E-state index is 15.1. The second-order valence-electron chi connectivity index (χ2n) is 31.6. The molecular weight excluding hydrogens is 1740 g/mol. The molecule has 3 heterocycles. The number of anilines is 1. The summed E-state index contributed by atoms with van der Waals surface area (Å²) in [5, 5.41) is 85.4. The van der Waals surface area contributed by atoms with Crippen LogP contribution in [0.3, 0.4) is 0 Å². The van der Waals surface area contributed by atoms with Gasteiger partial charge in [-0.25, -0.2) is 4.79 Å². The fourth-order valence-corrected chi connectivity index (χ4v) is 14.0. The van der Waals surface area contributed by atoms with E-state index in [2.05, 4.69) is 80.7 Å². The zero-order valence-corrected chi connectivity index (χ0v) is 73.0. The van der Waals surface area contributed by atoms with Gasteiger partial charge in [-0.05, 0) is 74.4 Å². The maximum absolute atomic E-state index is 15.1. The number of para-hydroxylation sites is 3. The van der Waals surface area contributed by atoms with Crippen LogP contribution in [-0.2, 0) is 118 Å². The zero-order valence-electron chi connectivity index (χ0n) is 73.0. The molecule has 0 saturated carbocycles. The topological polar surface area (TPSA) is 750 Å². The first-order valence-corrected chi connectivity index (χ1v) is 42.4. The minimum Gasteiger partial charge on any atom is -0.481 e. The van der Waals surface area contributed by atoms with Crippen LogP contribution in [0.4, 0.5) is 5.69 Å². The fourth-order valence-electron chi connectivity index (χ4n) is 14.0. The number of rotatable bonds is 40. The normalized spacial score (nSPS) is 20.2. The number of nitrogen functional groups attached to an aromatic ring is 1. The van der Waals surface area contributed by atoms with Gasteiger partial charge in [0.05, 0.1) is 51.8 Å². The number of aliphatic hydroxyl groups excluding tert-OH is 1. The van der Waals surface area contributed by atoms with Crippen molar-refractivity contribution in [2.75, 3.05) is 32.0 Å². The number of carbonyl (C=O) groups is 22. The fraction of sp³-hybridized carbons (Fsp3) is 0.482. The van der Waals surface area contributed by atoms with E-state index in [1.165, 1.54) is 24.3 Å². The lowest BCUT2D eigenvalue weighted by Crippen LogP contribution is -2.62. The number of aliphatic carboxylic acids is 4. The summed E-state index contributed by atoms with van der Waals surface area (Å²) in [4.78, 5) is 310. The molecule has 716 valence electrons. The number of esters is 1. The van der Waals surface area contributed by atoms with Gasteiger partial charge in [-0.3, -0.25) is 101 Å². The van der Waals surface area contributed by atoms with E-state index in [9.17, 15) is 121 Å². The molecule has 3 aromatic carbocycles. The number of carboxylic acid groups (broad SMARTS) is 4. The number of ether oxygens (including phenoxy) is 1. The number of aliphatic hydroxyl groups is 1. The first-order valence-electron chi connectivity index (χ1n) is 42.4. The smallest absolute Gasteiger partial charge is 0.329 e. The second kappa shape index (κ2) is 52.5. The Labute approximate surface area is 754 Å². The average Bonchev–Trinajstić information content (AvgIpc) is 1.67. The molecule has 0 bridgehead atoms. The minimum absolute atomic E-state index is 0.0386. The van der Waals surface area contributed by atoms with Crippen molar-refractivity contribution in [2.24, 2.45) is 11.7 Å². The molecule has 132 heavy (non-hydrogen) atoms. The number of unbranched alkanes of at least 4 members (excludes halogenated alkanes) is 6. The Morgan fingerprint density at radius 3 is 1.55 bits per heavy atom. The number of aromatic nitrogens is 2. The van der Waals surface area contributed by atoms with Gasteiger partial charge in [-0.2, -0.15) is 0 Å². The number of primary amides is 1. The highest BCUT2D eigenvalue weighted by Gasteiger charge is 2.42. The van der Waals surface area contributed by atoms with Gasteiger partial charge in [0, 0.05) is 84.6 Å². The lowest BCUT2D eigenvalue weighted by molar-refractivity contribution is -0.156. The summed E-state index contributed by atoms with van der Waals surface area (Å²) in [5.74, 6) is -32.0. The van der Waals surface area contributed by atoms with Gasteiger partial charge in [0.1, 0.15) is 78.6 Å². The largest absolute Gasteiger partial charge is 0.481 e. The molecule has 4 unspecified atom stereocenters. The minimum atomic E-state index is -2.52. The number of amides is 16. The number of carbonyl (C=O) groups excluding carboxylic acids is 18. The number of aromatic amines is 2. The van der Waals surface area contributed by atoms with E-state index in [1.54, 1.807) is 60.9 Å². The zero-order chi connectivity index (χ0) is 97.6. The Hall–Kier alpha value is -15.0.